The Balaban J connectivity index is 3.08. The smallest absolute Gasteiger partial charge is 0.0889 e. The number of aliphatic imine (C=N–C) groups is 2. The van der Waals surface area contributed by atoms with Gasteiger partial charge in [-0.3, -0.25) is 9.98 Å². The van der Waals surface area contributed by atoms with E-state index in [0.29, 0.717) is 0 Å². The van der Waals surface area contributed by atoms with Crippen LogP contribution in [0.25, 0.3) is 0 Å². The first-order chi connectivity index (χ1) is 7.27. The Hall–Kier alpha value is -1.90. The molecule has 2 N–H and O–H groups in total. The van der Waals surface area contributed by atoms with Crippen LogP contribution in [0, 0.1) is 0 Å². The third-order valence-electron chi connectivity index (χ3n) is 1.78. The zero-order valence-corrected chi connectivity index (χ0v) is 9.01. The summed E-state index contributed by atoms with van der Waals surface area (Å²) in [5, 5.41) is 0. The maximum absolute atomic E-state index is 5.29. The van der Waals surface area contributed by atoms with E-state index in [1.165, 1.54) is 6.20 Å². The molecule has 0 heterocycles. The van der Waals surface area contributed by atoms with Crippen molar-refractivity contribution in [1.29, 1.82) is 0 Å². The van der Waals surface area contributed by atoms with Crippen LogP contribution in [0.2, 0.25) is 0 Å². The van der Waals surface area contributed by atoms with Gasteiger partial charge in [-0.05, 0) is 38.3 Å². The first-order valence-electron chi connectivity index (χ1n) is 4.79. The molecule has 1 rings (SSSR count). The summed E-state index contributed by atoms with van der Waals surface area (Å²) < 4.78 is 0. The van der Waals surface area contributed by atoms with Gasteiger partial charge in [-0.15, -0.1) is 0 Å². The standard InChI is InChI=1S/C12H15N3/c1-3-14-11-6-4-5-7-12(11)15-10(2)8-9-13/h3-9H,13H2,1-2H3. The van der Waals surface area contributed by atoms with E-state index < -0.39 is 0 Å². The Morgan fingerprint density at radius 3 is 2.53 bits per heavy atom. The van der Waals surface area contributed by atoms with Crippen molar-refractivity contribution in [2.24, 2.45) is 15.7 Å². The van der Waals surface area contributed by atoms with E-state index >= 15 is 0 Å². The molecule has 78 valence electrons. The quantitative estimate of drug-likeness (QED) is 0.751. The number of hydrogen-bond acceptors (Lipinski definition) is 3. The first-order valence-corrected chi connectivity index (χ1v) is 4.79. The van der Waals surface area contributed by atoms with Crippen LogP contribution in [0.3, 0.4) is 0 Å². The van der Waals surface area contributed by atoms with Gasteiger partial charge in [0.15, 0.2) is 0 Å². The Bertz CT molecular complexity index is 403. The lowest BCUT2D eigenvalue weighted by Gasteiger charge is -1.99. The minimum absolute atomic E-state index is 0.853. The molecule has 0 fully saturated rings. The molecule has 1 aromatic carbocycles. The molecule has 0 aliphatic rings. The number of nitrogens with two attached hydrogens (primary N) is 1. The molecule has 0 bridgehead atoms. The minimum Gasteiger partial charge on any atom is -0.405 e. The van der Waals surface area contributed by atoms with Gasteiger partial charge in [0.05, 0.1) is 11.4 Å². The maximum atomic E-state index is 5.29. The van der Waals surface area contributed by atoms with Crippen LogP contribution >= 0.6 is 0 Å². The maximum Gasteiger partial charge on any atom is 0.0889 e. The third kappa shape index (κ3) is 3.38. The highest BCUT2D eigenvalue weighted by Gasteiger charge is 1.96. The lowest BCUT2D eigenvalue weighted by molar-refractivity contribution is 1.44. The van der Waals surface area contributed by atoms with Gasteiger partial charge in [-0.1, -0.05) is 12.1 Å². The Morgan fingerprint density at radius 2 is 1.93 bits per heavy atom. The second-order valence-corrected chi connectivity index (χ2v) is 2.99. The molecule has 0 unspecified atom stereocenters. The van der Waals surface area contributed by atoms with E-state index in [4.69, 9.17) is 5.73 Å². The lowest BCUT2D eigenvalue weighted by atomic mass is 10.2. The van der Waals surface area contributed by atoms with Gasteiger partial charge < -0.3 is 5.73 Å². The number of benzene rings is 1. The van der Waals surface area contributed by atoms with E-state index in [9.17, 15) is 0 Å². The van der Waals surface area contributed by atoms with E-state index in [0.717, 1.165) is 17.1 Å². The first kappa shape index (κ1) is 11.2. The van der Waals surface area contributed by atoms with Crippen LogP contribution in [0.1, 0.15) is 13.8 Å². The van der Waals surface area contributed by atoms with Crippen molar-refractivity contribution < 1.29 is 0 Å². The van der Waals surface area contributed by atoms with Gasteiger partial charge in [-0.25, -0.2) is 0 Å². The predicted octanol–water partition coefficient (Wildman–Crippen LogP) is 2.97. The number of hydrogen-bond donors (Lipinski definition) is 1. The molecule has 0 amide bonds. The summed E-state index contributed by atoms with van der Waals surface area (Å²) >= 11 is 0. The van der Waals surface area contributed by atoms with Gasteiger partial charge in [0.25, 0.3) is 0 Å². The summed E-state index contributed by atoms with van der Waals surface area (Å²) in [5.41, 5.74) is 7.86. The van der Waals surface area contributed by atoms with Gasteiger partial charge >= 0.3 is 0 Å². The molecule has 3 heteroatoms. The summed E-state index contributed by atoms with van der Waals surface area (Å²) in [7, 11) is 0. The monoisotopic (exact) mass is 201 g/mol. The summed E-state index contributed by atoms with van der Waals surface area (Å²) in [4.78, 5) is 8.64. The molecule has 0 saturated carbocycles. The van der Waals surface area contributed by atoms with E-state index in [2.05, 4.69) is 9.98 Å². The third-order valence-corrected chi connectivity index (χ3v) is 1.78. The van der Waals surface area contributed by atoms with Crippen LogP contribution in [0.15, 0.2) is 46.5 Å². The van der Waals surface area contributed by atoms with Gasteiger partial charge in [0, 0.05) is 11.9 Å². The molecule has 0 atom stereocenters. The highest BCUT2D eigenvalue weighted by molar-refractivity contribution is 5.95. The molecule has 0 radical (unpaired) electrons. The fourth-order valence-electron chi connectivity index (χ4n) is 1.17. The molecular weight excluding hydrogens is 186 g/mol. The molecular formula is C12H15N3. The zero-order chi connectivity index (χ0) is 11.1. The van der Waals surface area contributed by atoms with Crippen molar-refractivity contribution >= 4 is 23.3 Å². The highest BCUT2D eigenvalue weighted by atomic mass is 14.8. The van der Waals surface area contributed by atoms with Crippen LogP contribution < -0.4 is 5.73 Å². The largest absolute Gasteiger partial charge is 0.405 e. The van der Waals surface area contributed by atoms with Crippen molar-refractivity contribution in [2.45, 2.75) is 13.8 Å². The summed E-state index contributed by atoms with van der Waals surface area (Å²) in [5.74, 6) is 0. The fraction of sp³-hybridized carbons (Fsp3) is 0.167. The lowest BCUT2D eigenvalue weighted by Crippen LogP contribution is -1.86. The van der Waals surface area contributed by atoms with Gasteiger partial charge in [-0.2, -0.15) is 0 Å². The van der Waals surface area contributed by atoms with E-state index in [1.54, 1.807) is 12.3 Å². The molecule has 3 nitrogen and oxygen atoms in total. The average Bonchev–Trinajstić information content (AvgIpc) is 2.21. The van der Waals surface area contributed by atoms with Crippen molar-refractivity contribution in [2.75, 3.05) is 0 Å². The van der Waals surface area contributed by atoms with Crippen LogP contribution in [-0.2, 0) is 0 Å². The number of nitrogens with zero attached hydrogens (tertiary/aromatic N) is 2. The molecule has 0 aliphatic heterocycles. The Morgan fingerprint density at radius 1 is 1.27 bits per heavy atom. The molecule has 0 spiro atoms. The number of rotatable bonds is 3. The van der Waals surface area contributed by atoms with E-state index in [-0.39, 0.29) is 0 Å². The SMILES string of the molecule is CC=Nc1ccccc1N=C(C)C=CN. The topological polar surface area (TPSA) is 50.7 Å². The van der Waals surface area contributed by atoms with Gasteiger partial charge in [0.2, 0.25) is 0 Å². The number of para-hydroxylation sites is 2. The van der Waals surface area contributed by atoms with Gasteiger partial charge in [0.1, 0.15) is 0 Å². The second-order valence-electron chi connectivity index (χ2n) is 2.99. The summed E-state index contributed by atoms with van der Waals surface area (Å²) in [6.07, 6.45) is 4.99. The van der Waals surface area contributed by atoms with E-state index in [1.807, 2.05) is 38.1 Å². The second kappa shape index (κ2) is 5.75. The average molecular weight is 201 g/mol. The fourth-order valence-corrected chi connectivity index (χ4v) is 1.17. The number of allylic oxidation sites excluding steroid dienone is 1. The predicted molar refractivity (Wildman–Crippen MR) is 66.4 cm³/mol. The molecule has 15 heavy (non-hydrogen) atoms. The zero-order valence-electron chi connectivity index (χ0n) is 9.01. The molecule has 0 aromatic heterocycles. The van der Waals surface area contributed by atoms with Crippen molar-refractivity contribution in [3.63, 3.8) is 0 Å². The minimum atomic E-state index is 0.853. The Kier molecular flexibility index (Phi) is 4.29. The highest BCUT2D eigenvalue weighted by Crippen LogP contribution is 2.27. The van der Waals surface area contributed by atoms with Crippen LogP contribution in [0.4, 0.5) is 11.4 Å². The van der Waals surface area contributed by atoms with Crippen LogP contribution in [0.5, 0.6) is 0 Å². The Labute approximate surface area is 90.1 Å². The van der Waals surface area contributed by atoms with Crippen molar-refractivity contribution in [1.82, 2.24) is 0 Å². The normalized spacial score (nSPS) is 12.8. The van der Waals surface area contributed by atoms with Crippen molar-refractivity contribution in [3.8, 4) is 0 Å². The molecule has 1 aromatic rings. The van der Waals surface area contributed by atoms with Crippen LogP contribution in [-0.4, -0.2) is 11.9 Å². The molecule has 0 aliphatic carbocycles. The van der Waals surface area contributed by atoms with Crippen molar-refractivity contribution in [3.05, 3.63) is 36.5 Å². The molecule has 0 saturated heterocycles. The summed E-state index contributed by atoms with van der Waals surface area (Å²) in [6.45, 7) is 3.78. The summed E-state index contributed by atoms with van der Waals surface area (Å²) in [6, 6.07) is 7.73.